The number of hydrogen-bond donors (Lipinski definition) is 0. The van der Waals surface area contributed by atoms with Gasteiger partial charge < -0.3 is 9.57 Å². The van der Waals surface area contributed by atoms with Gasteiger partial charge in [0.25, 0.3) is 0 Å². The summed E-state index contributed by atoms with van der Waals surface area (Å²) in [6, 6.07) is 0. The van der Waals surface area contributed by atoms with Crippen molar-refractivity contribution in [1.82, 2.24) is 0 Å². The number of rotatable bonds is 2. The molecule has 1 saturated carbocycles. The summed E-state index contributed by atoms with van der Waals surface area (Å²) in [5.41, 5.74) is 0.652. The van der Waals surface area contributed by atoms with Gasteiger partial charge in [0.1, 0.15) is 5.76 Å². The zero-order valence-electron chi connectivity index (χ0n) is 9.09. The van der Waals surface area contributed by atoms with E-state index in [-0.39, 0.29) is 5.41 Å². The van der Waals surface area contributed by atoms with Crippen molar-refractivity contribution in [2.75, 3.05) is 7.11 Å². The van der Waals surface area contributed by atoms with Crippen LogP contribution in [0.1, 0.15) is 33.1 Å². The van der Waals surface area contributed by atoms with Gasteiger partial charge in [0.05, 0.1) is 18.2 Å². The molecule has 0 aromatic rings. The summed E-state index contributed by atoms with van der Waals surface area (Å²) < 4.78 is 5.26. The fourth-order valence-electron chi connectivity index (χ4n) is 2.70. The van der Waals surface area contributed by atoms with Crippen LogP contribution in [-0.2, 0) is 9.57 Å². The number of fused-ring (bicyclic) bond motifs is 1. The maximum Gasteiger partial charge on any atom is 0.203 e. The Hall–Kier alpha value is -0.990. The third-order valence-electron chi connectivity index (χ3n) is 3.93. The normalized spacial score (nSPS) is 40.1. The van der Waals surface area contributed by atoms with E-state index in [9.17, 15) is 0 Å². The van der Waals surface area contributed by atoms with Crippen molar-refractivity contribution < 1.29 is 9.57 Å². The Morgan fingerprint density at radius 2 is 2.29 bits per heavy atom. The van der Waals surface area contributed by atoms with Gasteiger partial charge in [-0.3, -0.25) is 0 Å². The van der Waals surface area contributed by atoms with Crippen LogP contribution in [-0.4, -0.2) is 18.4 Å². The van der Waals surface area contributed by atoms with E-state index >= 15 is 0 Å². The average Bonchev–Trinajstić information content (AvgIpc) is 2.63. The molecule has 1 aliphatic carbocycles. The van der Waals surface area contributed by atoms with Crippen LogP contribution in [0.2, 0.25) is 0 Å². The smallest absolute Gasteiger partial charge is 0.203 e. The molecule has 0 amide bonds. The molecule has 0 aromatic carbocycles. The van der Waals surface area contributed by atoms with Crippen LogP contribution >= 0.6 is 0 Å². The minimum Gasteiger partial charge on any atom is -0.497 e. The van der Waals surface area contributed by atoms with Gasteiger partial charge in [-0.1, -0.05) is 11.7 Å². The molecule has 2 atom stereocenters. The van der Waals surface area contributed by atoms with Gasteiger partial charge in [-0.2, -0.15) is 0 Å². The molecule has 78 valence electrons. The molecule has 0 aromatic heterocycles. The number of oxime groups is 1. The fraction of sp³-hybridized carbons (Fsp3) is 0.727. The van der Waals surface area contributed by atoms with E-state index in [1.165, 1.54) is 0 Å². The Morgan fingerprint density at radius 1 is 1.57 bits per heavy atom. The zero-order valence-corrected chi connectivity index (χ0v) is 9.09. The molecular formula is C11H17NO2. The molecule has 1 aliphatic heterocycles. The predicted octanol–water partition coefficient (Wildman–Crippen LogP) is 2.48. The zero-order chi connectivity index (χ0) is 10.4. The Labute approximate surface area is 84.8 Å². The summed E-state index contributed by atoms with van der Waals surface area (Å²) in [4.78, 5) is 5.60. The molecule has 2 rings (SSSR count). The van der Waals surface area contributed by atoms with E-state index in [1.54, 1.807) is 7.11 Å². The second kappa shape index (κ2) is 2.75. The van der Waals surface area contributed by atoms with Crippen LogP contribution in [0.3, 0.4) is 0 Å². The number of hydrogen-bond acceptors (Lipinski definition) is 3. The van der Waals surface area contributed by atoms with Gasteiger partial charge in [-0.05, 0) is 33.1 Å². The van der Waals surface area contributed by atoms with Crippen LogP contribution in [0.5, 0.6) is 0 Å². The van der Waals surface area contributed by atoms with Crippen LogP contribution in [0.25, 0.3) is 0 Å². The van der Waals surface area contributed by atoms with Crippen molar-refractivity contribution in [3.63, 3.8) is 0 Å². The highest BCUT2D eigenvalue weighted by Gasteiger charge is 2.62. The van der Waals surface area contributed by atoms with Crippen molar-refractivity contribution in [3.05, 3.63) is 12.3 Å². The SMILES string of the molecule is C=C(OC)C12CCCC1(C)C(C)=NO2. The molecule has 2 unspecified atom stereocenters. The van der Waals surface area contributed by atoms with Crippen molar-refractivity contribution in [3.8, 4) is 0 Å². The molecule has 0 saturated heterocycles. The van der Waals surface area contributed by atoms with E-state index in [0.29, 0.717) is 5.76 Å². The van der Waals surface area contributed by atoms with Crippen LogP contribution < -0.4 is 0 Å². The quantitative estimate of drug-likeness (QED) is 0.634. The lowest BCUT2D eigenvalue weighted by atomic mass is 9.72. The first-order valence-electron chi connectivity index (χ1n) is 5.03. The number of methoxy groups -OCH3 is 1. The predicted molar refractivity (Wildman–Crippen MR) is 55.0 cm³/mol. The fourth-order valence-corrected chi connectivity index (χ4v) is 2.70. The molecule has 3 heteroatoms. The number of nitrogens with zero attached hydrogens (tertiary/aromatic N) is 1. The first kappa shape index (κ1) is 9.56. The lowest BCUT2D eigenvalue weighted by Crippen LogP contribution is -2.44. The number of ether oxygens (including phenoxy) is 1. The Kier molecular flexibility index (Phi) is 1.88. The summed E-state index contributed by atoms with van der Waals surface area (Å²) in [5.74, 6) is 0.707. The molecule has 14 heavy (non-hydrogen) atoms. The Bertz CT molecular complexity index is 310. The van der Waals surface area contributed by atoms with Crippen molar-refractivity contribution in [1.29, 1.82) is 0 Å². The maximum atomic E-state index is 5.60. The van der Waals surface area contributed by atoms with Gasteiger partial charge in [-0.15, -0.1) is 0 Å². The van der Waals surface area contributed by atoms with Crippen molar-refractivity contribution in [2.24, 2.45) is 10.6 Å². The minimum atomic E-state index is -0.397. The van der Waals surface area contributed by atoms with Crippen molar-refractivity contribution in [2.45, 2.75) is 38.7 Å². The van der Waals surface area contributed by atoms with E-state index in [1.807, 2.05) is 6.92 Å². The molecule has 0 bridgehead atoms. The van der Waals surface area contributed by atoms with Crippen LogP contribution in [0.4, 0.5) is 0 Å². The minimum absolute atomic E-state index is 0.0138. The molecule has 0 spiro atoms. The summed E-state index contributed by atoms with van der Waals surface area (Å²) in [6.07, 6.45) is 3.20. The van der Waals surface area contributed by atoms with Gasteiger partial charge in [0, 0.05) is 0 Å². The van der Waals surface area contributed by atoms with Crippen LogP contribution in [0.15, 0.2) is 17.5 Å². The second-order valence-electron chi connectivity index (χ2n) is 4.41. The first-order valence-corrected chi connectivity index (χ1v) is 5.03. The Morgan fingerprint density at radius 3 is 2.93 bits per heavy atom. The molecule has 1 fully saturated rings. The molecular weight excluding hydrogens is 178 g/mol. The monoisotopic (exact) mass is 195 g/mol. The standard InChI is InChI=1S/C11H17NO2/c1-8-10(3)6-5-7-11(10,14-12-8)9(2)13-4/h2,5-7H2,1,3-4H3. The lowest BCUT2D eigenvalue weighted by Gasteiger charge is -2.35. The molecule has 0 radical (unpaired) electrons. The lowest BCUT2D eigenvalue weighted by molar-refractivity contribution is -0.0624. The van der Waals surface area contributed by atoms with Gasteiger partial charge in [-0.25, -0.2) is 0 Å². The Balaban J connectivity index is 2.42. The third kappa shape index (κ3) is 0.851. The van der Waals surface area contributed by atoms with Gasteiger partial charge in [0.2, 0.25) is 5.60 Å². The van der Waals surface area contributed by atoms with Crippen molar-refractivity contribution >= 4 is 5.71 Å². The van der Waals surface area contributed by atoms with Gasteiger partial charge >= 0.3 is 0 Å². The van der Waals surface area contributed by atoms with Crippen LogP contribution in [0, 0.1) is 5.41 Å². The molecule has 3 nitrogen and oxygen atoms in total. The van der Waals surface area contributed by atoms with E-state index in [0.717, 1.165) is 25.0 Å². The van der Waals surface area contributed by atoms with E-state index in [2.05, 4.69) is 18.7 Å². The highest BCUT2D eigenvalue weighted by molar-refractivity contribution is 5.90. The summed E-state index contributed by atoms with van der Waals surface area (Å²) in [6.45, 7) is 8.16. The maximum absolute atomic E-state index is 5.60. The molecule has 0 N–H and O–H groups in total. The second-order valence-corrected chi connectivity index (χ2v) is 4.41. The van der Waals surface area contributed by atoms with E-state index in [4.69, 9.17) is 9.57 Å². The summed E-state index contributed by atoms with van der Waals surface area (Å²) >= 11 is 0. The molecule has 1 heterocycles. The highest BCUT2D eigenvalue weighted by atomic mass is 16.7. The average molecular weight is 195 g/mol. The molecule has 2 aliphatic rings. The first-order chi connectivity index (χ1) is 6.57. The summed E-state index contributed by atoms with van der Waals surface area (Å²) in [7, 11) is 1.65. The summed E-state index contributed by atoms with van der Waals surface area (Å²) in [5, 5.41) is 4.11. The topological polar surface area (TPSA) is 30.8 Å². The third-order valence-corrected chi connectivity index (χ3v) is 3.93. The van der Waals surface area contributed by atoms with Gasteiger partial charge in [0.15, 0.2) is 0 Å². The van der Waals surface area contributed by atoms with E-state index < -0.39 is 5.60 Å². The largest absolute Gasteiger partial charge is 0.497 e. The highest BCUT2D eigenvalue weighted by Crippen LogP contribution is 2.56.